The van der Waals surface area contributed by atoms with Crippen LogP contribution in [0.1, 0.15) is 65.0 Å². The first-order valence-electron chi connectivity index (χ1n) is 7.86. The SMILES string of the molecule is CCNC(C)c1ccc(OC2CCC(C)(C)CC2)nc1. The Morgan fingerprint density at radius 3 is 2.60 bits per heavy atom. The topological polar surface area (TPSA) is 34.1 Å². The number of hydrogen-bond acceptors (Lipinski definition) is 3. The molecule has 1 saturated carbocycles. The summed E-state index contributed by atoms with van der Waals surface area (Å²) < 4.78 is 6.01. The van der Waals surface area contributed by atoms with Gasteiger partial charge in [0.25, 0.3) is 0 Å². The fourth-order valence-corrected chi connectivity index (χ4v) is 2.80. The summed E-state index contributed by atoms with van der Waals surface area (Å²) in [6.07, 6.45) is 7.04. The summed E-state index contributed by atoms with van der Waals surface area (Å²) in [6, 6.07) is 4.46. The van der Waals surface area contributed by atoms with Gasteiger partial charge in [-0.1, -0.05) is 26.8 Å². The summed E-state index contributed by atoms with van der Waals surface area (Å²) >= 11 is 0. The number of nitrogens with one attached hydrogen (secondary N) is 1. The van der Waals surface area contributed by atoms with Gasteiger partial charge >= 0.3 is 0 Å². The summed E-state index contributed by atoms with van der Waals surface area (Å²) in [4.78, 5) is 4.45. The minimum atomic E-state index is 0.340. The predicted octanol–water partition coefficient (Wildman–Crippen LogP) is 4.10. The molecule has 3 nitrogen and oxygen atoms in total. The highest BCUT2D eigenvalue weighted by atomic mass is 16.5. The molecule has 0 amide bonds. The van der Waals surface area contributed by atoms with Crippen LogP contribution in [0.2, 0.25) is 0 Å². The van der Waals surface area contributed by atoms with Gasteiger partial charge in [0.05, 0.1) is 0 Å². The molecule has 112 valence electrons. The first-order chi connectivity index (χ1) is 9.50. The lowest BCUT2D eigenvalue weighted by molar-refractivity contribution is 0.0948. The number of rotatable bonds is 5. The second-order valence-electron chi connectivity index (χ2n) is 6.69. The van der Waals surface area contributed by atoms with Crippen molar-refractivity contribution in [2.24, 2.45) is 5.41 Å². The second-order valence-corrected chi connectivity index (χ2v) is 6.69. The van der Waals surface area contributed by atoms with E-state index in [0.717, 1.165) is 25.3 Å². The summed E-state index contributed by atoms with van der Waals surface area (Å²) in [7, 11) is 0. The molecule has 1 atom stereocenters. The number of nitrogens with zero attached hydrogens (tertiary/aromatic N) is 1. The normalized spacial score (nSPS) is 20.6. The van der Waals surface area contributed by atoms with Crippen LogP contribution in [0.4, 0.5) is 0 Å². The van der Waals surface area contributed by atoms with Crippen molar-refractivity contribution in [2.75, 3.05) is 6.54 Å². The lowest BCUT2D eigenvalue weighted by Crippen LogP contribution is -2.28. The summed E-state index contributed by atoms with van der Waals surface area (Å²) in [5.41, 5.74) is 1.70. The van der Waals surface area contributed by atoms with Crippen LogP contribution >= 0.6 is 0 Å². The lowest BCUT2D eigenvalue weighted by atomic mass is 9.76. The summed E-state index contributed by atoms with van der Waals surface area (Å²) in [6.45, 7) is 9.93. The molecule has 0 saturated heterocycles. The minimum absolute atomic E-state index is 0.340. The fraction of sp³-hybridized carbons (Fsp3) is 0.706. The maximum absolute atomic E-state index is 6.01. The van der Waals surface area contributed by atoms with Crippen LogP contribution in [-0.4, -0.2) is 17.6 Å². The molecule has 1 heterocycles. The van der Waals surface area contributed by atoms with E-state index in [9.17, 15) is 0 Å². The van der Waals surface area contributed by atoms with Crippen LogP contribution < -0.4 is 10.1 Å². The molecule has 0 aromatic carbocycles. The molecule has 0 radical (unpaired) electrons. The highest BCUT2D eigenvalue weighted by Gasteiger charge is 2.27. The van der Waals surface area contributed by atoms with Crippen molar-refractivity contribution < 1.29 is 4.74 Å². The number of hydrogen-bond donors (Lipinski definition) is 1. The van der Waals surface area contributed by atoms with Gasteiger partial charge in [-0.2, -0.15) is 0 Å². The molecular weight excluding hydrogens is 248 g/mol. The van der Waals surface area contributed by atoms with E-state index in [2.05, 4.69) is 44.1 Å². The van der Waals surface area contributed by atoms with E-state index in [0.29, 0.717) is 17.6 Å². The van der Waals surface area contributed by atoms with Gasteiger partial charge < -0.3 is 10.1 Å². The number of aromatic nitrogens is 1. The Kier molecular flexibility index (Phi) is 5.03. The van der Waals surface area contributed by atoms with E-state index < -0.39 is 0 Å². The quantitative estimate of drug-likeness (QED) is 0.879. The Morgan fingerprint density at radius 2 is 2.05 bits per heavy atom. The van der Waals surface area contributed by atoms with E-state index in [1.807, 2.05) is 12.3 Å². The maximum atomic E-state index is 6.01. The standard InChI is InChI=1S/C17H28N2O/c1-5-18-13(2)14-6-7-16(19-12-14)20-15-8-10-17(3,4)11-9-15/h6-7,12-13,15,18H,5,8-11H2,1-4H3. The third-order valence-corrected chi connectivity index (χ3v) is 4.34. The third kappa shape index (κ3) is 4.20. The van der Waals surface area contributed by atoms with Gasteiger partial charge in [0.15, 0.2) is 0 Å². The molecule has 1 aliphatic rings. The zero-order valence-electron chi connectivity index (χ0n) is 13.3. The number of pyridine rings is 1. The van der Waals surface area contributed by atoms with E-state index in [-0.39, 0.29) is 0 Å². The summed E-state index contributed by atoms with van der Waals surface area (Å²) in [5.74, 6) is 0.766. The average Bonchev–Trinajstić information content (AvgIpc) is 2.42. The molecule has 20 heavy (non-hydrogen) atoms. The van der Waals surface area contributed by atoms with Gasteiger partial charge in [-0.3, -0.25) is 0 Å². The van der Waals surface area contributed by atoms with Crippen LogP contribution in [0.5, 0.6) is 5.88 Å². The highest BCUT2D eigenvalue weighted by Crippen LogP contribution is 2.36. The Labute approximate surface area is 123 Å². The molecule has 0 spiro atoms. The molecule has 2 rings (SSSR count). The van der Waals surface area contributed by atoms with Gasteiger partial charge in [0.1, 0.15) is 6.10 Å². The van der Waals surface area contributed by atoms with Crippen LogP contribution in [0.15, 0.2) is 18.3 Å². The molecule has 1 aromatic rings. The molecule has 3 heteroatoms. The van der Waals surface area contributed by atoms with Crippen LogP contribution in [-0.2, 0) is 0 Å². The Bertz CT molecular complexity index is 404. The Balaban J connectivity index is 1.88. The Morgan fingerprint density at radius 1 is 1.35 bits per heavy atom. The molecule has 1 fully saturated rings. The molecule has 1 unspecified atom stereocenters. The van der Waals surface area contributed by atoms with Gasteiger partial charge in [0.2, 0.25) is 5.88 Å². The van der Waals surface area contributed by atoms with Crippen molar-refractivity contribution in [2.45, 2.75) is 65.5 Å². The van der Waals surface area contributed by atoms with Crippen LogP contribution in [0.25, 0.3) is 0 Å². The van der Waals surface area contributed by atoms with Crippen molar-refractivity contribution in [3.05, 3.63) is 23.9 Å². The lowest BCUT2D eigenvalue weighted by Gasteiger charge is -2.34. The van der Waals surface area contributed by atoms with Gasteiger partial charge in [-0.15, -0.1) is 0 Å². The van der Waals surface area contributed by atoms with Gasteiger partial charge in [-0.05, 0) is 50.1 Å². The van der Waals surface area contributed by atoms with Crippen molar-refractivity contribution >= 4 is 0 Å². The van der Waals surface area contributed by atoms with Crippen molar-refractivity contribution in [3.8, 4) is 5.88 Å². The molecular formula is C17H28N2O. The van der Waals surface area contributed by atoms with Crippen molar-refractivity contribution in [1.82, 2.24) is 10.3 Å². The van der Waals surface area contributed by atoms with Crippen molar-refractivity contribution in [1.29, 1.82) is 0 Å². The molecule has 1 N–H and O–H groups in total. The van der Waals surface area contributed by atoms with E-state index in [4.69, 9.17) is 4.74 Å². The fourth-order valence-electron chi connectivity index (χ4n) is 2.80. The van der Waals surface area contributed by atoms with Gasteiger partial charge in [0, 0.05) is 18.3 Å². The van der Waals surface area contributed by atoms with Crippen molar-refractivity contribution in [3.63, 3.8) is 0 Å². The molecule has 0 bridgehead atoms. The average molecular weight is 276 g/mol. The van der Waals surface area contributed by atoms with Crippen LogP contribution in [0, 0.1) is 5.41 Å². The third-order valence-electron chi connectivity index (χ3n) is 4.34. The molecule has 0 aliphatic heterocycles. The maximum Gasteiger partial charge on any atom is 0.213 e. The summed E-state index contributed by atoms with van der Waals surface area (Å²) in [5, 5.41) is 3.39. The Hall–Kier alpha value is -1.09. The largest absolute Gasteiger partial charge is 0.474 e. The molecule has 1 aromatic heterocycles. The minimum Gasteiger partial charge on any atom is -0.474 e. The highest BCUT2D eigenvalue weighted by molar-refractivity contribution is 5.20. The first-order valence-corrected chi connectivity index (χ1v) is 7.86. The zero-order chi connectivity index (χ0) is 14.6. The second kappa shape index (κ2) is 6.57. The monoisotopic (exact) mass is 276 g/mol. The molecule has 1 aliphatic carbocycles. The first kappa shape index (κ1) is 15.3. The van der Waals surface area contributed by atoms with E-state index >= 15 is 0 Å². The van der Waals surface area contributed by atoms with E-state index in [1.54, 1.807) is 0 Å². The zero-order valence-corrected chi connectivity index (χ0v) is 13.3. The van der Waals surface area contributed by atoms with Gasteiger partial charge in [-0.25, -0.2) is 4.98 Å². The van der Waals surface area contributed by atoms with Crippen LogP contribution in [0.3, 0.4) is 0 Å². The number of ether oxygens (including phenoxy) is 1. The van der Waals surface area contributed by atoms with E-state index in [1.165, 1.54) is 18.4 Å². The predicted molar refractivity (Wildman–Crippen MR) is 83.0 cm³/mol. The smallest absolute Gasteiger partial charge is 0.213 e.